The topological polar surface area (TPSA) is 90.4 Å². The lowest BCUT2D eigenvalue weighted by molar-refractivity contribution is 0.280. The van der Waals surface area contributed by atoms with Crippen LogP contribution in [0.5, 0.6) is 11.6 Å². The van der Waals surface area contributed by atoms with Crippen LogP contribution in [0.4, 0.5) is 5.82 Å². The van der Waals surface area contributed by atoms with Crippen LogP contribution in [0.3, 0.4) is 0 Å². The molecule has 3 rings (SSSR count). The molecule has 0 spiro atoms. The Kier molecular flexibility index (Phi) is 4.33. The second kappa shape index (κ2) is 6.41. The standard InChI is InChI=1S/C15H17N3O4S/c1-2-21-14-10-16-9-13(17-14)18-23(19,20)12-7-3-5-11-6-4-8-22-15(11)12/h3,5,7,9-10H,2,4,6,8H2,1H3,(H,17,18). The number of nitrogens with zero attached hydrogens (tertiary/aromatic N) is 2. The highest BCUT2D eigenvalue weighted by atomic mass is 32.2. The van der Waals surface area contributed by atoms with Gasteiger partial charge in [0.05, 0.1) is 25.6 Å². The van der Waals surface area contributed by atoms with Crippen LogP contribution >= 0.6 is 0 Å². The number of fused-ring (bicyclic) bond motifs is 1. The summed E-state index contributed by atoms with van der Waals surface area (Å²) in [6, 6.07) is 5.11. The summed E-state index contributed by atoms with van der Waals surface area (Å²) >= 11 is 0. The maximum absolute atomic E-state index is 12.6. The highest BCUT2D eigenvalue weighted by Crippen LogP contribution is 2.32. The number of ether oxygens (including phenoxy) is 2. The Morgan fingerprint density at radius 1 is 1.35 bits per heavy atom. The molecule has 0 unspecified atom stereocenters. The van der Waals surface area contributed by atoms with Gasteiger partial charge in [-0.05, 0) is 31.4 Å². The van der Waals surface area contributed by atoms with Gasteiger partial charge in [-0.25, -0.2) is 8.42 Å². The van der Waals surface area contributed by atoms with Crippen LogP contribution in [-0.2, 0) is 16.4 Å². The molecule has 2 aromatic rings. The van der Waals surface area contributed by atoms with Crippen molar-refractivity contribution >= 4 is 15.8 Å². The number of anilines is 1. The number of hydrogen-bond acceptors (Lipinski definition) is 6. The van der Waals surface area contributed by atoms with E-state index in [1.807, 2.05) is 13.0 Å². The minimum Gasteiger partial charge on any atom is -0.492 e. The van der Waals surface area contributed by atoms with Crippen molar-refractivity contribution in [1.82, 2.24) is 9.97 Å². The molecule has 0 aliphatic carbocycles. The molecule has 0 radical (unpaired) electrons. The summed E-state index contributed by atoms with van der Waals surface area (Å²) in [6.07, 6.45) is 4.44. The summed E-state index contributed by atoms with van der Waals surface area (Å²) in [5, 5.41) is 0. The number of benzene rings is 1. The van der Waals surface area contributed by atoms with E-state index in [2.05, 4.69) is 14.7 Å². The molecule has 0 saturated heterocycles. The quantitative estimate of drug-likeness (QED) is 0.899. The monoisotopic (exact) mass is 335 g/mol. The van der Waals surface area contributed by atoms with Crippen molar-refractivity contribution in [3.63, 3.8) is 0 Å². The van der Waals surface area contributed by atoms with Crippen molar-refractivity contribution in [1.29, 1.82) is 0 Å². The highest BCUT2D eigenvalue weighted by Gasteiger charge is 2.24. The number of rotatable bonds is 5. The average molecular weight is 335 g/mol. The van der Waals surface area contributed by atoms with Crippen LogP contribution in [0.15, 0.2) is 35.5 Å². The molecular weight excluding hydrogens is 318 g/mol. The van der Waals surface area contributed by atoms with Crippen molar-refractivity contribution in [3.05, 3.63) is 36.2 Å². The van der Waals surface area contributed by atoms with E-state index >= 15 is 0 Å². The van der Waals surface area contributed by atoms with Gasteiger partial charge in [-0.3, -0.25) is 9.71 Å². The van der Waals surface area contributed by atoms with Gasteiger partial charge in [0.2, 0.25) is 5.88 Å². The number of sulfonamides is 1. The van der Waals surface area contributed by atoms with Crippen LogP contribution in [-0.4, -0.2) is 31.6 Å². The normalized spacial score (nSPS) is 13.8. The van der Waals surface area contributed by atoms with Gasteiger partial charge in [-0.2, -0.15) is 4.98 Å². The number of aryl methyl sites for hydroxylation is 1. The van der Waals surface area contributed by atoms with Crippen molar-refractivity contribution in [3.8, 4) is 11.6 Å². The Balaban J connectivity index is 1.92. The molecule has 1 aromatic heterocycles. The molecule has 8 heteroatoms. The summed E-state index contributed by atoms with van der Waals surface area (Å²) in [5.41, 5.74) is 0.897. The van der Waals surface area contributed by atoms with E-state index in [0.717, 1.165) is 18.4 Å². The van der Waals surface area contributed by atoms with Crippen molar-refractivity contribution < 1.29 is 17.9 Å². The van der Waals surface area contributed by atoms with E-state index in [9.17, 15) is 8.42 Å². The van der Waals surface area contributed by atoms with Crippen molar-refractivity contribution in [2.75, 3.05) is 17.9 Å². The maximum Gasteiger partial charge on any atom is 0.266 e. The molecule has 0 saturated carbocycles. The van der Waals surface area contributed by atoms with E-state index in [0.29, 0.717) is 19.0 Å². The molecular formula is C15H17N3O4S. The van der Waals surface area contributed by atoms with E-state index in [-0.39, 0.29) is 16.6 Å². The van der Waals surface area contributed by atoms with Crippen LogP contribution in [0, 0.1) is 0 Å². The molecule has 0 bridgehead atoms. The van der Waals surface area contributed by atoms with Gasteiger partial charge in [-0.15, -0.1) is 0 Å². The zero-order chi connectivity index (χ0) is 16.3. The maximum atomic E-state index is 12.6. The Bertz CT molecular complexity index is 808. The van der Waals surface area contributed by atoms with Gasteiger partial charge in [0.15, 0.2) is 5.82 Å². The third-order valence-corrected chi connectivity index (χ3v) is 4.71. The predicted octanol–water partition coefficient (Wildman–Crippen LogP) is 2.00. The van der Waals surface area contributed by atoms with E-state index in [4.69, 9.17) is 9.47 Å². The third kappa shape index (κ3) is 3.37. The molecule has 0 fully saturated rings. The third-order valence-electron chi connectivity index (χ3n) is 3.33. The molecule has 0 atom stereocenters. The molecule has 1 N–H and O–H groups in total. The first-order valence-electron chi connectivity index (χ1n) is 7.32. The molecule has 1 aliphatic heterocycles. The Hall–Kier alpha value is -2.35. The lowest BCUT2D eigenvalue weighted by Gasteiger charge is -2.20. The zero-order valence-electron chi connectivity index (χ0n) is 12.7. The van der Waals surface area contributed by atoms with Gasteiger partial charge in [0.1, 0.15) is 10.6 Å². The van der Waals surface area contributed by atoms with Crippen molar-refractivity contribution in [2.45, 2.75) is 24.7 Å². The number of hydrogen-bond donors (Lipinski definition) is 1. The van der Waals surface area contributed by atoms with E-state index in [1.54, 1.807) is 6.07 Å². The van der Waals surface area contributed by atoms with Gasteiger partial charge in [0.25, 0.3) is 10.0 Å². The smallest absolute Gasteiger partial charge is 0.266 e. The van der Waals surface area contributed by atoms with Gasteiger partial charge < -0.3 is 9.47 Å². The summed E-state index contributed by atoms with van der Waals surface area (Å²) < 4.78 is 38.5. The highest BCUT2D eigenvalue weighted by molar-refractivity contribution is 7.92. The fraction of sp³-hybridized carbons (Fsp3) is 0.333. The molecule has 122 valence electrons. The summed E-state index contributed by atoms with van der Waals surface area (Å²) in [7, 11) is -3.82. The van der Waals surface area contributed by atoms with Gasteiger partial charge >= 0.3 is 0 Å². The van der Waals surface area contributed by atoms with Crippen molar-refractivity contribution in [2.24, 2.45) is 0 Å². The first kappa shape index (κ1) is 15.5. The molecule has 2 heterocycles. The van der Waals surface area contributed by atoms with Gasteiger partial charge in [-0.1, -0.05) is 12.1 Å². The lowest BCUT2D eigenvalue weighted by Crippen LogP contribution is -2.18. The van der Waals surface area contributed by atoms with E-state index in [1.165, 1.54) is 18.5 Å². The number of para-hydroxylation sites is 1. The van der Waals surface area contributed by atoms with Gasteiger partial charge in [0, 0.05) is 0 Å². The van der Waals surface area contributed by atoms with Crippen LogP contribution in [0.25, 0.3) is 0 Å². The average Bonchev–Trinajstić information content (AvgIpc) is 2.54. The minimum atomic E-state index is -3.82. The molecule has 0 amide bonds. The van der Waals surface area contributed by atoms with Crippen LogP contribution in [0.1, 0.15) is 18.9 Å². The van der Waals surface area contributed by atoms with E-state index < -0.39 is 10.0 Å². The SMILES string of the molecule is CCOc1cncc(NS(=O)(=O)c2cccc3c2OCCC3)n1. The Labute approximate surface area is 134 Å². The Morgan fingerprint density at radius 2 is 2.22 bits per heavy atom. The lowest BCUT2D eigenvalue weighted by atomic mass is 10.1. The fourth-order valence-electron chi connectivity index (χ4n) is 2.38. The Morgan fingerprint density at radius 3 is 3.04 bits per heavy atom. The minimum absolute atomic E-state index is 0.101. The fourth-order valence-corrected chi connectivity index (χ4v) is 3.55. The second-order valence-electron chi connectivity index (χ2n) is 4.98. The predicted molar refractivity (Wildman–Crippen MR) is 84.3 cm³/mol. The van der Waals surface area contributed by atoms with Crippen LogP contribution < -0.4 is 14.2 Å². The first-order valence-corrected chi connectivity index (χ1v) is 8.81. The summed E-state index contributed by atoms with van der Waals surface area (Å²) in [5.74, 6) is 0.781. The molecule has 7 nitrogen and oxygen atoms in total. The number of aromatic nitrogens is 2. The zero-order valence-corrected chi connectivity index (χ0v) is 13.5. The largest absolute Gasteiger partial charge is 0.492 e. The molecule has 23 heavy (non-hydrogen) atoms. The van der Waals surface area contributed by atoms with Crippen LogP contribution in [0.2, 0.25) is 0 Å². The summed E-state index contributed by atoms with van der Waals surface area (Å²) in [4.78, 5) is 8.10. The summed E-state index contributed by atoms with van der Waals surface area (Å²) in [6.45, 7) is 2.75. The molecule has 1 aromatic carbocycles. The first-order chi connectivity index (χ1) is 11.1. The second-order valence-corrected chi connectivity index (χ2v) is 6.63. The molecule has 1 aliphatic rings. The number of nitrogens with one attached hydrogen (secondary N) is 1.